The van der Waals surface area contributed by atoms with Crippen molar-refractivity contribution in [2.75, 3.05) is 13.2 Å². The van der Waals surface area contributed by atoms with Crippen LogP contribution in [0, 0.1) is 5.92 Å². The third kappa shape index (κ3) is 5.45. The lowest BCUT2D eigenvalue weighted by Gasteiger charge is -2.34. The van der Waals surface area contributed by atoms with E-state index in [1.165, 1.54) is 0 Å². The molecule has 0 radical (unpaired) electrons. The van der Waals surface area contributed by atoms with Gasteiger partial charge in [0.25, 0.3) is 0 Å². The molecule has 3 atom stereocenters. The highest BCUT2D eigenvalue weighted by Gasteiger charge is 2.41. The van der Waals surface area contributed by atoms with Crippen molar-refractivity contribution in [3.8, 4) is 0 Å². The van der Waals surface area contributed by atoms with E-state index in [0.717, 1.165) is 6.04 Å². The second-order valence-corrected chi connectivity index (χ2v) is 14.1. The number of hydrogen-bond donors (Lipinski definition) is 1. The zero-order valence-corrected chi connectivity index (χ0v) is 14.2. The largest absolute Gasteiger partial charge is 0.381 e. The summed E-state index contributed by atoms with van der Waals surface area (Å²) in [6, 6.07) is 1.08. The van der Waals surface area contributed by atoms with Gasteiger partial charge >= 0.3 is 0 Å². The molecule has 0 aromatic carbocycles. The fourth-order valence-corrected chi connectivity index (χ4v) is 3.62. The standard InChI is InChI=1S/C13H26O4SSi/c1-13(18(15)16)6-5-12(14)11(9-13)10-17-7-8-19(2,3)4/h11H,5-10H2,1-4H3,(H,15,16). The quantitative estimate of drug-likeness (QED) is 0.465. The smallest absolute Gasteiger partial charge is 0.158 e. The van der Waals surface area contributed by atoms with Crippen LogP contribution in [0.5, 0.6) is 0 Å². The Morgan fingerprint density at radius 2 is 2.11 bits per heavy atom. The number of ether oxygens (including phenoxy) is 1. The zero-order valence-electron chi connectivity index (χ0n) is 12.4. The molecule has 0 spiro atoms. The van der Waals surface area contributed by atoms with Gasteiger partial charge in [-0.25, -0.2) is 4.21 Å². The van der Waals surface area contributed by atoms with E-state index in [1.54, 1.807) is 6.92 Å². The molecule has 0 bridgehead atoms. The summed E-state index contributed by atoms with van der Waals surface area (Å²) < 4.78 is 25.7. The maximum atomic E-state index is 11.8. The first kappa shape index (κ1) is 17.0. The fraction of sp³-hybridized carbons (Fsp3) is 0.923. The molecule has 19 heavy (non-hydrogen) atoms. The second-order valence-electron chi connectivity index (χ2n) is 6.95. The Labute approximate surface area is 119 Å². The molecule has 6 heteroatoms. The van der Waals surface area contributed by atoms with Crippen molar-refractivity contribution >= 4 is 24.9 Å². The molecule has 0 saturated heterocycles. The maximum absolute atomic E-state index is 11.8. The van der Waals surface area contributed by atoms with Gasteiger partial charge in [0, 0.05) is 27.0 Å². The highest BCUT2D eigenvalue weighted by molar-refractivity contribution is 7.80. The summed E-state index contributed by atoms with van der Waals surface area (Å²) in [6.45, 7) is 9.73. The predicted octanol–water partition coefficient (Wildman–Crippen LogP) is 2.69. The topological polar surface area (TPSA) is 63.6 Å². The molecule has 1 aliphatic rings. The van der Waals surface area contributed by atoms with Crippen LogP contribution in [0.1, 0.15) is 26.2 Å². The molecular formula is C13H26O4SSi. The van der Waals surface area contributed by atoms with Gasteiger partial charge in [-0.1, -0.05) is 19.6 Å². The van der Waals surface area contributed by atoms with Crippen LogP contribution >= 0.6 is 0 Å². The third-order valence-corrected chi connectivity index (χ3v) is 6.69. The first-order valence-corrected chi connectivity index (χ1v) is 11.7. The SMILES string of the molecule is CC1(S(=O)O)CCC(=O)C(COCC[Si](C)(C)C)C1. The highest BCUT2D eigenvalue weighted by atomic mass is 32.2. The van der Waals surface area contributed by atoms with E-state index in [2.05, 4.69) is 19.6 Å². The molecule has 0 amide bonds. The Balaban J connectivity index is 2.43. The normalized spacial score (nSPS) is 30.4. The molecule has 1 fully saturated rings. The van der Waals surface area contributed by atoms with Gasteiger partial charge in [-0.15, -0.1) is 0 Å². The van der Waals surface area contributed by atoms with E-state index < -0.39 is 23.9 Å². The fourth-order valence-electron chi connectivity index (χ4n) is 2.24. The van der Waals surface area contributed by atoms with Crippen LogP contribution in [-0.4, -0.2) is 40.6 Å². The second kappa shape index (κ2) is 6.61. The van der Waals surface area contributed by atoms with E-state index in [9.17, 15) is 13.6 Å². The van der Waals surface area contributed by atoms with Gasteiger partial charge in [0.2, 0.25) is 0 Å². The Hall–Kier alpha value is -0.0431. The van der Waals surface area contributed by atoms with Crippen LogP contribution in [0.15, 0.2) is 0 Å². The van der Waals surface area contributed by atoms with Gasteiger partial charge in [0.1, 0.15) is 5.78 Å². The molecule has 0 heterocycles. The Morgan fingerprint density at radius 1 is 1.47 bits per heavy atom. The van der Waals surface area contributed by atoms with Crippen LogP contribution in [0.25, 0.3) is 0 Å². The molecule has 1 N–H and O–H groups in total. The average Bonchev–Trinajstić information content (AvgIpc) is 2.27. The number of Topliss-reactive ketones (excluding diaryl/α,β-unsaturated/α-hetero) is 1. The van der Waals surface area contributed by atoms with Crippen molar-refractivity contribution in [3.05, 3.63) is 0 Å². The summed E-state index contributed by atoms with van der Waals surface area (Å²) in [5.41, 5.74) is 0. The maximum Gasteiger partial charge on any atom is 0.158 e. The van der Waals surface area contributed by atoms with Gasteiger partial charge in [-0.05, 0) is 25.8 Å². The molecule has 0 aliphatic heterocycles. The Morgan fingerprint density at radius 3 is 2.63 bits per heavy atom. The van der Waals surface area contributed by atoms with Gasteiger partial charge < -0.3 is 9.29 Å². The first-order valence-electron chi connectivity index (χ1n) is 6.85. The summed E-state index contributed by atoms with van der Waals surface area (Å²) in [5, 5.41) is 0. The number of ketones is 1. The summed E-state index contributed by atoms with van der Waals surface area (Å²) in [5.74, 6) is -0.0348. The monoisotopic (exact) mass is 306 g/mol. The zero-order chi connectivity index (χ0) is 14.7. The minimum absolute atomic E-state index is 0.177. The molecule has 0 aromatic heterocycles. The lowest BCUT2D eigenvalue weighted by Crippen LogP contribution is -2.42. The van der Waals surface area contributed by atoms with Crippen LogP contribution in [-0.2, 0) is 20.6 Å². The van der Waals surface area contributed by atoms with E-state index >= 15 is 0 Å². The van der Waals surface area contributed by atoms with Crippen LogP contribution in [0.3, 0.4) is 0 Å². The molecule has 1 aliphatic carbocycles. The van der Waals surface area contributed by atoms with E-state index in [-0.39, 0.29) is 11.7 Å². The molecular weight excluding hydrogens is 280 g/mol. The Bertz CT molecular complexity index is 353. The van der Waals surface area contributed by atoms with Gasteiger partial charge in [0.15, 0.2) is 11.1 Å². The van der Waals surface area contributed by atoms with E-state index in [1.807, 2.05) is 0 Å². The number of rotatable bonds is 6. The van der Waals surface area contributed by atoms with Crippen molar-refractivity contribution in [3.63, 3.8) is 0 Å². The summed E-state index contributed by atoms with van der Waals surface area (Å²) in [6.07, 6.45) is 1.35. The van der Waals surface area contributed by atoms with Crippen LogP contribution in [0.2, 0.25) is 25.7 Å². The molecule has 0 aromatic rings. The molecule has 112 valence electrons. The predicted molar refractivity (Wildman–Crippen MR) is 80.5 cm³/mol. The molecule has 1 rings (SSSR count). The lowest BCUT2D eigenvalue weighted by molar-refractivity contribution is -0.127. The Kier molecular flexibility index (Phi) is 5.91. The molecule has 1 saturated carbocycles. The van der Waals surface area contributed by atoms with Crippen molar-refractivity contribution in [2.45, 2.75) is 56.6 Å². The highest BCUT2D eigenvalue weighted by Crippen LogP contribution is 2.34. The van der Waals surface area contributed by atoms with Crippen LogP contribution < -0.4 is 0 Å². The van der Waals surface area contributed by atoms with Gasteiger partial charge in [0.05, 0.1) is 11.4 Å². The summed E-state index contributed by atoms with van der Waals surface area (Å²) in [4.78, 5) is 11.8. The number of carbonyl (C=O) groups is 1. The van der Waals surface area contributed by atoms with Crippen molar-refractivity contribution < 1.29 is 18.3 Å². The number of hydrogen-bond acceptors (Lipinski definition) is 3. The van der Waals surface area contributed by atoms with Crippen molar-refractivity contribution in [1.82, 2.24) is 0 Å². The van der Waals surface area contributed by atoms with E-state index in [4.69, 9.17) is 4.74 Å². The lowest BCUT2D eigenvalue weighted by atomic mass is 9.81. The van der Waals surface area contributed by atoms with E-state index in [0.29, 0.717) is 32.5 Å². The van der Waals surface area contributed by atoms with Crippen LogP contribution in [0.4, 0.5) is 0 Å². The van der Waals surface area contributed by atoms with Gasteiger partial charge in [-0.3, -0.25) is 4.79 Å². The minimum atomic E-state index is -1.88. The molecule has 4 nitrogen and oxygen atoms in total. The van der Waals surface area contributed by atoms with Crippen molar-refractivity contribution in [1.29, 1.82) is 0 Å². The minimum Gasteiger partial charge on any atom is -0.381 e. The average molecular weight is 307 g/mol. The third-order valence-electron chi connectivity index (χ3n) is 3.77. The summed E-state index contributed by atoms with van der Waals surface area (Å²) >= 11 is -1.88. The molecule has 3 unspecified atom stereocenters. The summed E-state index contributed by atoms with van der Waals surface area (Å²) in [7, 11) is -1.11. The first-order chi connectivity index (χ1) is 8.64. The van der Waals surface area contributed by atoms with Crippen molar-refractivity contribution in [2.24, 2.45) is 5.92 Å². The van der Waals surface area contributed by atoms with Gasteiger partial charge in [-0.2, -0.15) is 0 Å². The number of carbonyl (C=O) groups excluding carboxylic acids is 1.